The molecule has 2 atom stereocenters. The third kappa shape index (κ3) is 5.08. The molecule has 0 saturated carbocycles. The van der Waals surface area contributed by atoms with Crippen molar-refractivity contribution >= 4 is 44.7 Å². The van der Waals surface area contributed by atoms with Crippen LogP contribution in [-0.2, 0) is 14.3 Å². The van der Waals surface area contributed by atoms with Gasteiger partial charge in [0.25, 0.3) is 4.51 Å². The Morgan fingerprint density at radius 1 is 1.12 bits per heavy atom. The molecule has 0 saturated heterocycles. The minimum absolute atomic E-state index is 0.201. The van der Waals surface area contributed by atoms with E-state index in [4.69, 9.17) is 4.74 Å². The molecule has 7 heteroatoms. The second-order valence-corrected chi connectivity index (χ2v) is 8.25. The monoisotopic (exact) mass is 416 g/mol. The molecule has 0 heterocycles. The van der Waals surface area contributed by atoms with E-state index in [-0.39, 0.29) is 11.0 Å². The molecule has 0 aliphatic carbocycles. The molecule has 0 radical (unpaired) electrons. The van der Waals surface area contributed by atoms with Gasteiger partial charge in [0, 0.05) is 11.5 Å². The van der Waals surface area contributed by atoms with Crippen molar-refractivity contribution in [2.75, 3.05) is 0 Å². The Hall–Kier alpha value is -1.34. The molecule has 1 aromatic carbocycles. The van der Waals surface area contributed by atoms with Crippen molar-refractivity contribution in [1.82, 2.24) is 0 Å². The molecule has 0 bridgehead atoms. The van der Waals surface area contributed by atoms with Crippen molar-refractivity contribution in [1.29, 1.82) is 0 Å². The smallest absolute Gasteiger partial charge is 0.359 e. The Morgan fingerprint density at radius 2 is 1.67 bits per heavy atom. The normalized spacial score (nSPS) is 15.0. The molecule has 0 fully saturated rings. The lowest BCUT2D eigenvalue weighted by Gasteiger charge is -2.29. The van der Waals surface area contributed by atoms with E-state index in [2.05, 4.69) is 15.9 Å². The van der Waals surface area contributed by atoms with Crippen molar-refractivity contribution in [3.05, 3.63) is 35.9 Å². The average molecular weight is 417 g/mol. The highest BCUT2D eigenvalue weighted by Crippen LogP contribution is 2.33. The van der Waals surface area contributed by atoms with Crippen molar-refractivity contribution in [2.45, 2.75) is 37.5 Å². The minimum Gasteiger partial charge on any atom is -0.478 e. The zero-order chi connectivity index (χ0) is 18.5. The Morgan fingerprint density at radius 3 is 2.08 bits per heavy atom. The number of hydrogen-bond acceptors (Lipinski definition) is 5. The van der Waals surface area contributed by atoms with E-state index >= 15 is 0 Å². The van der Waals surface area contributed by atoms with E-state index in [1.807, 2.05) is 0 Å². The number of ether oxygens (including phenoxy) is 1. The van der Waals surface area contributed by atoms with Gasteiger partial charge in [-0.25, -0.2) is 4.79 Å². The van der Waals surface area contributed by atoms with Crippen molar-refractivity contribution in [3.63, 3.8) is 0 Å². The van der Waals surface area contributed by atoms with Crippen LogP contribution in [0.5, 0.6) is 0 Å². The Bertz CT molecular complexity index is 602. The Balaban J connectivity index is 2.94. The van der Waals surface area contributed by atoms with E-state index in [1.54, 1.807) is 58.0 Å². The Kier molecular flexibility index (Phi) is 7.48. The van der Waals surface area contributed by atoms with E-state index in [0.29, 0.717) is 5.56 Å². The minimum atomic E-state index is -1.81. The Labute approximate surface area is 154 Å². The van der Waals surface area contributed by atoms with Crippen LogP contribution in [0.2, 0.25) is 0 Å². The number of alkyl halides is 1. The standard InChI is InChI=1S/C17H21BrO5S/c1-10(2)13(24-15(20)12-8-6-5-7-9-12)14(19)23-17(18,11(3)4)16(21)22/h5-11,13H,1-4H3,(H,21,22)/t13-,17-/m1/s1. The summed E-state index contributed by atoms with van der Waals surface area (Å²) in [6.07, 6.45) is 0. The summed E-state index contributed by atoms with van der Waals surface area (Å²) in [5.41, 5.74) is 0.480. The van der Waals surface area contributed by atoms with Gasteiger partial charge in [-0.05, 0) is 21.8 Å². The zero-order valence-corrected chi connectivity index (χ0v) is 16.4. The first kappa shape index (κ1) is 20.7. The lowest BCUT2D eigenvalue weighted by molar-refractivity contribution is -0.170. The second-order valence-electron chi connectivity index (χ2n) is 5.96. The summed E-state index contributed by atoms with van der Waals surface area (Å²) in [5.74, 6) is -2.70. The first-order valence-corrected chi connectivity index (χ1v) is 9.18. The molecule has 1 N–H and O–H groups in total. The highest BCUT2D eigenvalue weighted by Gasteiger charge is 2.45. The molecule has 24 heavy (non-hydrogen) atoms. The summed E-state index contributed by atoms with van der Waals surface area (Å²) in [6, 6.07) is 8.60. The summed E-state index contributed by atoms with van der Waals surface area (Å²) in [4.78, 5) is 36.2. The molecular weight excluding hydrogens is 396 g/mol. The van der Waals surface area contributed by atoms with Crippen LogP contribution in [-0.4, -0.2) is 31.9 Å². The van der Waals surface area contributed by atoms with Gasteiger partial charge in [-0.1, -0.05) is 69.8 Å². The van der Waals surface area contributed by atoms with Gasteiger partial charge < -0.3 is 9.84 Å². The number of esters is 1. The molecule has 0 aliphatic heterocycles. The van der Waals surface area contributed by atoms with Crippen molar-refractivity contribution in [3.8, 4) is 0 Å². The third-order valence-electron chi connectivity index (χ3n) is 3.36. The number of hydrogen-bond donors (Lipinski definition) is 1. The van der Waals surface area contributed by atoms with Crippen LogP contribution in [0.15, 0.2) is 30.3 Å². The summed E-state index contributed by atoms with van der Waals surface area (Å²) in [5, 5.41) is 8.28. The van der Waals surface area contributed by atoms with Crippen molar-refractivity contribution in [2.24, 2.45) is 11.8 Å². The molecule has 0 unspecified atom stereocenters. The first-order valence-electron chi connectivity index (χ1n) is 7.50. The number of aliphatic carboxylic acids is 1. The quantitative estimate of drug-likeness (QED) is 0.534. The lowest BCUT2D eigenvalue weighted by atomic mass is 10.1. The lowest BCUT2D eigenvalue weighted by Crippen LogP contribution is -2.44. The fourth-order valence-corrected chi connectivity index (χ4v) is 2.91. The molecule has 5 nitrogen and oxygen atoms in total. The summed E-state index contributed by atoms with van der Waals surface area (Å²) in [6.45, 7) is 6.82. The van der Waals surface area contributed by atoms with Gasteiger partial charge in [0.1, 0.15) is 5.25 Å². The van der Waals surface area contributed by atoms with E-state index in [0.717, 1.165) is 11.8 Å². The van der Waals surface area contributed by atoms with Crippen LogP contribution in [0.4, 0.5) is 0 Å². The van der Waals surface area contributed by atoms with Crippen LogP contribution in [0.25, 0.3) is 0 Å². The number of benzene rings is 1. The first-order chi connectivity index (χ1) is 11.1. The fraction of sp³-hybridized carbons (Fsp3) is 0.471. The van der Waals surface area contributed by atoms with E-state index in [9.17, 15) is 19.5 Å². The maximum Gasteiger partial charge on any atom is 0.359 e. The molecule has 1 rings (SSSR count). The summed E-state index contributed by atoms with van der Waals surface area (Å²) >= 11 is 3.86. The van der Waals surface area contributed by atoms with E-state index < -0.39 is 27.6 Å². The predicted octanol–water partition coefficient (Wildman–Crippen LogP) is 3.96. The summed E-state index contributed by atoms with van der Waals surface area (Å²) in [7, 11) is 0. The summed E-state index contributed by atoms with van der Waals surface area (Å²) < 4.78 is 3.41. The highest BCUT2D eigenvalue weighted by molar-refractivity contribution is 9.10. The number of halogens is 1. The number of carbonyl (C=O) groups excluding carboxylic acids is 2. The number of carboxylic acids is 1. The molecule has 0 aliphatic rings. The third-order valence-corrected chi connectivity index (χ3v) is 6.22. The number of carboxylic acid groups (broad SMARTS) is 1. The SMILES string of the molecule is CC(C)[C@@H](SC(=O)c1ccccc1)C(=O)O[C@@](Br)(C(=O)O)C(C)C. The van der Waals surface area contributed by atoms with Gasteiger partial charge in [-0.15, -0.1) is 0 Å². The molecule has 132 valence electrons. The largest absolute Gasteiger partial charge is 0.478 e. The topological polar surface area (TPSA) is 80.7 Å². The number of carbonyl (C=O) groups is 3. The van der Waals surface area contributed by atoms with Gasteiger partial charge >= 0.3 is 11.9 Å². The van der Waals surface area contributed by atoms with Gasteiger partial charge in [0.15, 0.2) is 0 Å². The number of thioether (sulfide) groups is 1. The predicted molar refractivity (Wildman–Crippen MR) is 97.2 cm³/mol. The molecule has 1 aromatic rings. The maximum atomic E-state index is 12.5. The fourth-order valence-electron chi connectivity index (χ4n) is 1.83. The van der Waals surface area contributed by atoms with Gasteiger partial charge in [-0.3, -0.25) is 9.59 Å². The van der Waals surface area contributed by atoms with Gasteiger partial charge in [0.2, 0.25) is 5.12 Å². The number of rotatable bonds is 7. The van der Waals surface area contributed by atoms with E-state index in [1.165, 1.54) is 0 Å². The second kappa shape index (κ2) is 8.67. The molecular formula is C17H21BrO5S. The molecule has 0 aromatic heterocycles. The average Bonchev–Trinajstić information content (AvgIpc) is 2.52. The van der Waals surface area contributed by atoms with Gasteiger partial charge in [-0.2, -0.15) is 0 Å². The van der Waals surface area contributed by atoms with Crippen LogP contribution < -0.4 is 0 Å². The molecule has 0 spiro atoms. The molecule has 0 amide bonds. The van der Waals surface area contributed by atoms with Crippen molar-refractivity contribution < 1.29 is 24.2 Å². The van der Waals surface area contributed by atoms with Crippen LogP contribution in [0, 0.1) is 11.8 Å². The van der Waals surface area contributed by atoms with Crippen LogP contribution in [0.1, 0.15) is 38.1 Å². The van der Waals surface area contributed by atoms with Crippen LogP contribution in [0.3, 0.4) is 0 Å². The van der Waals surface area contributed by atoms with Crippen LogP contribution >= 0.6 is 27.7 Å². The maximum absolute atomic E-state index is 12.5. The van der Waals surface area contributed by atoms with Gasteiger partial charge in [0.05, 0.1) is 0 Å². The zero-order valence-electron chi connectivity index (χ0n) is 14.0. The highest BCUT2D eigenvalue weighted by atomic mass is 79.9.